The fourth-order valence-corrected chi connectivity index (χ4v) is 2.69. The van der Waals surface area contributed by atoms with Crippen LogP contribution in [0.25, 0.3) is 0 Å². The molecule has 4 nitrogen and oxygen atoms in total. The fourth-order valence-electron chi connectivity index (χ4n) is 2.18. The van der Waals surface area contributed by atoms with Crippen molar-refractivity contribution in [1.29, 1.82) is 0 Å². The van der Waals surface area contributed by atoms with Gasteiger partial charge in [-0.2, -0.15) is 0 Å². The lowest BCUT2D eigenvalue weighted by Gasteiger charge is -2.18. The van der Waals surface area contributed by atoms with E-state index in [4.69, 9.17) is 4.74 Å². The molecule has 2 fully saturated rings. The molecule has 1 aromatic rings. The lowest BCUT2D eigenvalue weighted by atomic mass is 9.96. The van der Waals surface area contributed by atoms with Crippen molar-refractivity contribution in [1.82, 2.24) is 10.2 Å². The molecule has 5 heteroatoms. The second-order valence-corrected chi connectivity index (χ2v) is 4.44. The zero-order chi connectivity index (χ0) is 8.67. The molecule has 70 valence electrons. The van der Waals surface area contributed by atoms with Gasteiger partial charge in [0.1, 0.15) is 5.51 Å². The van der Waals surface area contributed by atoms with Crippen molar-refractivity contribution in [2.75, 3.05) is 5.32 Å². The molecule has 3 unspecified atom stereocenters. The van der Waals surface area contributed by atoms with Crippen LogP contribution < -0.4 is 5.32 Å². The summed E-state index contributed by atoms with van der Waals surface area (Å²) in [6, 6.07) is 0.465. The number of rotatable bonds is 2. The number of aromatic nitrogens is 2. The predicted molar refractivity (Wildman–Crippen MR) is 49.8 cm³/mol. The van der Waals surface area contributed by atoms with Crippen LogP contribution in [-0.4, -0.2) is 28.4 Å². The molecular weight excluding hydrogens is 186 g/mol. The van der Waals surface area contributed by atoms with E-state index >= 15 is 0 Å². The summed E-state index contributed by atoms with van der Waals surface area (Å²) in [5, 5.41) is 12.0. The molecule has 0 aromatic carbocycles. The summed E-state index contributed by atoms with van der Waals surface area (Å²) in [5.74, 6) is 0. The van der Waals surface area contributed by atoms with Gasteiger partial charge in [0.2, 0.25) is 5.13 Å². The van der Waals surface area contributed by atoms with Crippen molar-refractivity contribution in [2.45, 2.75) is 37.5 Å². The van der Waals surface area contributed by atoms with E-state index in [1.807, 2.05) is 0 Å². The molecule has 0 radical (unpaired) electrons. The Labute approximate surface area is 80.3 Å². The molecule has 2 saturated heterocycles. The lowest BCUT2D eigenvalue weighted by molar-refractivity contribution is 0.102. The van der Waals surface area contributed by atoms with Gasteiger partial charge in [0.25, 0.3) is 0 Å². The molecule has 0 aliphatic carbocycles. The molecule has 3 atom stereocenters. The van der Waals surface area contributed by atoms with E-state index in [0.29, 0.717) is 18.2 Å². The molecule has 3 heterocycles. The Morgan fingerprint density at radius 2 is 2.54 bits per heavy atom. The lowest BCUT2D eigenvalue weighted by Crippen LogP contribution is -2.30. The number of nitrogens with one attached hydrogen (secondary N) is 1. The minimum absolute atomic E-state index is 0.411. The van der Waals surface area contributed by atoms with E-state index in [0.717, 1.165) is 11.6 Å². The topological polar surface area (TPSA) is 47.0 Å². The monoisotopic (exact) mass is 197 g/mol. The summed E-state index contributed by atoms with van der Waals surface area (Å²) in [6.07, 6.45) is 4.47. The molecule has 2 bridgehead atoms. The van der Waals surface area contributed by atoms with Gasteiger partial charge in [-0.1, -0.05) is 11.3 Å². The largest absolute Gasteiger partial charge is 0.373 e. The van der Waals surface area contributed by atoms with Crippen molar-refractivity contribution in [3.63, 3.8) is 0 Å². The van der Waals surface area contributed by atoms with Gasteiger partial charge in [-0.25, -0.2) is 0 Å². The molecule has 3 rings (SSSR count). The second-order valence-electron chi connectivity index (χ2n) is 3.60. The average Bonchev–Trinajstić information content (AvgIpc) is 2.77. The summed E-state index contributed by atoms with van der Waals surface area (Å²) >= 11 is 1.55. The van der Waals surface area contributed by atoms with Gasteiger partial charge in [0.15, 0.2) is 0 Å². The zero-order valence-corrected chi connectivity index (χ0v) is 7.96. The van der Waals surface area contributed by atoms with Crippen molar-refractivity contribution < 1.29 is 4.74 Å². The van der Waals surface area contributed by atoms with E-state index < -0.39 is 0 Å². The smallest absolute Gasteiger partial charge is 0.205 e. The first-order valence-corrected chi connectivity index (χ1v) is 5.48. The maximum absolute atomic E-state index is 5.73. The van der Waals surface area contributed by atoms with Gasteiger partial charge in [-0.05, 0) is 19.3 Å². The number of fused-ring (bicyclic) bond motifs is 2. The van der Waals surface area contributed by atoms with Gasteiger partial charge in [0.05, 0.1) is 18.2 Å². The molecule has 1 N–H and O–H groups in total. The van der Waals surface area contributed by atoms with Crippen LogP contribution in [0.2, 0.25) is 0 Å². The Kier molecular flexibility index (Phi) is 1.73. The first-order chi connectivity index (χ1) is 6.42. The summed E-state index contributed by atoms with van der Waals surface area (Å²) < 4.78 is 5.73. The first kappa shape index (κ1) is 7.70. The number of anilines is 1. The Balaban J connectivity index is 1.68. The SMILES string of the molecule is c1nnc(NC2CC3CCC2O3)s1. The molecule has 0 saturated carbocycles. The van der Waals surface area contributed by atoms with Crippen LogP contribution in [0.1, 0.15) is 19.3 Å². The normalized spacial score (nSPS) is 36.8. The highest BCUT2D eigenvalue weighted by Crippen LogP contribution is 2.35. The number of ether oxygens (including phenoxy) is 1. The number of nitrogens with zero attached hydrogens (tertiary/aromatic N) is 2. The Morgan fingerprint density at radius 1 is 1.54 bits per heavy atom. The van der Waals surface area contributed by atoms with Crippen LogP contribution >= 0.6 is 11.3 Å². The van der Waals surface area contributed by atoms with E-state index in [1.165, 1.54) is 12.8 Å². The third-order valence-corrected chi connectivity index (χ3v) is 3.40. The maximum atomic E-state index is 5.73. The third-order valence-electron chi connectivity index (χ3n) is 2.77. The Hall–Kier alpha value is -0.680. The van der Waals surface area contributed by atoms with E-state index in [9.17, 15) is 0 Å². The van der Waals surface area contributed by atoms with Gasteiger partial charge >= 0.3 is 0 Å². The van der Waals surface area contributed by atoms with Crippen LogP contribution in [0.5, 0.6) is 0 Å². The molecule has 0 amide bonds. The highest BCUT2D eigenvalue weighted by Gasteiger charge is 2.40. The predicted octanol–water partition coefficient (Wildman–Crippen LogP) is 1.27. The fraction of sp³-hybridized carbons (Fsp3) is 0.750. The van der Waals surface area contributed by atoms with Crippen LogP contribution in [0, 0.1) is 0 Å². The second kappa shape index (κ2) is 2.92. The zero-order valence-electron chi connectivity index (χ0n) is 7.14. The van der Waals surface area contributed by atoms with Gasteiger partial charge in [-0.3, -0.25) is 0 Å². The van der Waals surface area contributed by atoms with Crippen LogP contribution in [0.3, 0.4) is 0 Å². The quantitative estimate of drug-likeness (QED) is 0.775. The molecule has 13 heavy (non-hydrogen) atoms. The minimum Gasteiger partial charge on any atom is -0.373 e. The molecule has 1 aromatic heterocycles. The average molecular weight is 197 g/mol. The van der Waals surface area contributed by atoms with Crippen molar-refractivity contribution >= 4 is 16.5 Å². The highest BCUT2D eigenvalue weighted by atomic mass is 32.1. The third kappa shape index (κ3) is 1.32. The van der Waals surface area contributed by atoms with E-state index in [2.05, 4.69) is 15.5 Å². The van der Waals surface area contributed by atoms with Crippen LogP contribution in [-0.2, 0) is 4.74 Å². The summed E-state index contributed by atoms with van der Waals surface area (Å²) in [5.41, 5.74) is 1.75. The minimum atomic E-state index is 0.411. The Bertz CT molecular complexity index is 290. The summed E-state index contributed by atoms with van der Waals surface area (Å²) in [4.78, 5) is 0. The molecular formula is C8H11N3OS. The van der Waals surface area contributed by atoms with Gasteiger partial charge < -0.3 is 10.1 Å². The van der Waals surface area contributed by atoms with Gasteiger partial charge in [0, 0.05) is 0 Å². The van der Waals surface area contributed by atoms with Crippen molar-refractivity contribution in [3.05, 3.63) is 5.51 Å². The van der Waals surface area contributed by atoms with Crippen LogP contribution in [0.15, 0.2) is 5.51 Å². The van der Waals surface area contributed by atoms with Crippen LogP contribution in [0.4, 0.5) is 5.13 Å². The Morgan fingerprint density at radius 3 is 3.15 bits per heavy atom. The summed E-state index contributed by atoms with van der Waals surface area (Å²) in [7, 11) is 0. The molecule has 2 aliphatic rings. The van der Waals surface area contributed by atoms with Crippen molar-refractivity contribution in [2.24, 2.45) is 0 Å². The molecule has 2 aliphatic heterocycles. The van der Waals surface area contributed by atoms with E-state index in [1.54, 1.807) is 16.8 Å². The van der Waals surface area contributed by atoms with Gasteiger partial charge in [-0.15, -0.1) is 10.2 Å². The number of hydrogen-bond acceptors (Lipinski definition) is 5. The number of hydrogen-bond donors (Lipinski definition) is 1. The maximum Gasteiger partial charge on any atom is 0.205 e. The first-order valence-electron chi connectivity index (χ1n) is 4.60. The van der Waals surface area contributed by atoms with E-state index in [-0.39, 0.29) is 0 Å². The standard InChI is InChI=1S/C8H11N3OS/c1-2-7-6(3-5(1)12-7)10-8-11-9-4-13-8/h4-7H,1-3H2,(H,10,11). The van der Waals surface area contributed by atoms with Crippen molar-refractivity contribution in [3.8, 4) is 0 Å². The molecule has 0 spiro atoms. The summed E-state index contributed by atoms with van der Waals surface area (Å²) in [6.45, 7) is 0. The highest BCUT2D eigenvalue weighted by molar-refractivity contribution is 7.13.